The van der Waals surface area contributed by atoms with E-state index in [-0.39, 0.29) is 5.91 Å². The van der Waals surface area contributed by atoms with Crippen molar-refractivity contribution < 1.29 is 4.79 Å². The van der Waals surface area contributed by atoms with E-state index in [9.17, 15) is 4.79 Å². The van der Waals surface area contributed by atoms with Gasteiger partial charge in [0.2, 0.25) is 5.91 Å². The Morgan fingerprint density at radius 2 is 2.00 bits per heavy atom. The Morgan fingerprint density at radius 1 is 1.30 bits per heavy atom. The summed E-state index contributed by atoms with van der Waals surface area (Å²) >= 11 is 0. The Hall–Kier alpha value is -0.610. The van der Waals surface area contributed by atoms with Crippen LogP contribution in [-0.2, 0) is 4.79 Å². The van der Waals surface area contributed by atoms with Crippen molar-refractivity contribution in [3.05, 3.63) is 0 Å². The summed E-state index contributed by atoms with van der Waals surface area (Å²) in [5, 5.41) is 6.52. The van der Waals surface area contributed by atoms with Crippen LogP contribution in [0.15, 0.2) is 0 Å². The highest BCUT2D eigenvalue weighted by atomic mass is 16.2. The third-order valence-corrected chi connectivity index (χ3v) is 4.01. The SMILES string of the molecule is CCCC(C)NC(=O)CN(CCC)CC1CCNCC1. The molecule has 1 aliphatic heterocycles. The molecular weight excluding hydrogens is 250 g/mol. The van der Waals surface area contributed by atoms with Gasteiger partial charge in [-0.15, -0.1) is 0 Å². The van der Waals surface area contributed by atoms with Crippen LogP contribution in [0.25, 0.3) is 0 Å². The fraction of sp³-hybridized carbons (Fsp3) is 0.938. The van der Waals surface area contributed by atoms with Gasteiger partial charge in [-0.1, -0.05) is 20.3 Å². The second kappa shape index (κ2) is 10.2. The molecule has 1 saturated heterocycles. The number of nitrogens with one attached hydrogen (secondary N) is 2. The molecule has 0 spiro atoms. The number of piperidine rings is 1. The van der Waals surface area contributed by atoms with E-state index in [4.69, 9.17) is 0 Å². The summed E-state index contributed by atoms with van der Waals surface area (Å²) in [6, 6.07) is 0.301. The summed E-state index contributed by atoms with van der Waals surface area (Å²) in [5.41, 5.74) is 0. The topological polar surface area (TPSA) is 44.4 Å². The van der Waals surface area contributed by atoms with Gasteiger partial charge < -0.3 is 10.6 Å². The Labute approximate surface area is 124 Å². The molecule has 1 aliphatic rings. The van der Waals surface area contributed by atoms with Crippen LogP contribution in [0.4, 0.5) is 0 Å². The molecule has 0 aromatic heterocycles. The number of nitrogens with zero attached hydrogens (tertiary/aromatic N) is 1. The molecule has 4 nitrogen and oxygen atoms in total. The summed E-state index contributed by atoms with van der Waals surface area (Å²) in [7, 11) is 0. The van der Waals surface area contributed by atoms with Gasteiger partial charge in [0.1, 0.15) is 0 Å². The summed E-state index contributed by atoms with van der Waals surface area (Å²) in [6.07, 6.45) is 5.79. The number of carbonyl (C=O) groups excluding carboxylic acids is 1. The number of carbonyl (C=O) groups is 1. The standard InChI is InChI=1S/C16H33N3O/c1-4-6-14(3)18-16(20)13-19(11-5-2)12-15-7-9-17-10-8-15/h14-15,17H,4-13H2,1-3H3,(H,18,20). The van der Waals surface area contributed by atoms with E-state index in [0.29, 0.717) is 12.6 Å². The average molecular weight is 283 g/mol. The molecule has 2 N–H and O–H groups in total. The lowest BCUT2D eigenvalue weighted by Crippen LogP contribution is -2.44. The minimum atomic E-state index is 0.188. The molecule has 0 saturated carbocycles. The van der Waals surface area contributed by atoms with E-state index >= 15 is 0 Å². The van der Waals surface area contributed by atoms with Crippen LogP contribution in [0.2, 0.25) is 0 Å². The van der Waals surface area contributed by atoms with E-state index in [2.05, 4.69) is 36.3 Å². The maximum Gasteiger partial charge on any atom is 0.234 e. The normalized spacial score (nSPS) is 18.2. The minimum absolute atomic E-state index is 0.188. The Morgan fingerprint density at radius 3 is 2.60 bits per heavy atom. The summed E-state index contributed by atoms with van der Waals surface area (Å²) in [6.45, 7) is 11.4. The molecule has 0 aliphatic carbocycles. The van der Waals surface area contributed by atoms with Crippen molar-refractivity contribution in [3.8, 4) is 0 Å². The second-order valence-electron chi connectivity index (χ2n) is 6.19. The lowest BCUT2D eigenvalue weighted by Gasteiger charge is -2.29. The van der Waals surface area contributed by atoms with Gasteiger partial charge in [0.25, 0.3) is 0 Å². The lowest BCUT2D eigenvalue weighted by molar-refractivity contribution is -0.123. The molecule has 20 heavy (non-hydrogen) atoms. The molecule has 1 heterocycles. The van der Waals surface area contributed by atoms with Gasteiger partial charge in [-0.3, -0.25) is 9.69 Å². The number of hydrogen-bond acceptors (Lipinski definition) is 3. The average Bonchev–Trinajstić information content (AvgIpc) is 2.40. The van der Waals surface area contributed by atoms with Gasteiger partial charge in [-0.25, -0.2) is 0 Å². The van der Waals surface area contributed by atoms with Crippen LogP contribution in [0, 0.1) is 5.92 Å². The van der Waals surface area contributed by atoms with Crippen molar-refractivity contribution in [3.63, 3.8) is 0 Å². The first kappa shape index (κ1) is 17.4. The van der Waals surface area contributed by atoms with E-state index < -0.39 is 0 Å². The first-order chi connectivity index (χ1) is 9.65. The fourth-order valence-electron chi connectivity index (χ4n) is 3.01. The molecule has 1 unspecified atom stereocenters. The Kier molecular flexibility index (Phi) is 8.86. The van der Waals surface area contributed by atoms with Crippen LogP contribution in [0.1, 0.15) is 52.9 Å². The molecule has 0 radical (unpaired) electrons. The summed E-state index contributed by atoms with van der Waals surface area (Å²) in [4.78, 5) is 14.4. The highest BCUT2D eigenvalue weighted by Crippen LogP contribution is 2.13. The van der Waals surface area contributed by atoms with Crippen LogP contribution in [0.3, 0.4) is 0 Å². The van der Waals surface area contributed by atoms with Crippen LogP contribution < -0.4 is 10.6 Å². The fourth-order valence-corrected chi connectivity index (χ4v) is 3.01. The van der Waals surface area contributed by atoms with Crippen molar-refractivity contribution in [2.45, 2.75) is 58.9 Å². The third kappa shape index (κ3) is 7.25. The Bertz CT molecular complexity index is 264. The Balaban J connectivity index is 2.34. The monoisotopic (exact) mass is 283 g/mol. The van der Waals surface area contributed by atoms with Gasteiger partial charge in [0.15, 0.2) is 0 Å². The molecule has 1 rings (SSSR count). The minimum Gasteiger partial charge on any atom is -0.353 e. The molecule has 1 fully saturated rings. The zero-order chi connectivity index (χ0) is 14.8. The van der Waals surface area contributed by atoms with Crippen molar-refractivity contribution in [2.75, 3.05) is 32.7 Å². The summed E-state index contributed by atoms with van der Waals surface area (Å²) in [5.74, 6) is 0.942. The number of amides is 1. The zero-order valence-electron chi connectivity index (χ0n) is 13.6. The third-order valence-electron chi connectivity index (χ3n) is 4.01. The van der Waals surface area contributed by atoms with Gasteiger partial charge >= 0.3 is 0 Å². The lowest BCUT2D eigenvalue weighted by atomic mass is 9.97. The molecule has 0 aromatic rings. The predicted molar refractivity (Wildman–Crippen MR) is 84.8 cm³/mol. The van der Waals surface area contributed by atoms with Crippen LogP contribution in [0.5, 0.6) is 0 Å². The van der Waals surface area contributed by atoms with Gasteiger partial charge in [0.05, 0.1) is 6.54 Å². The van der Waals surface area contributed by atoms with E-state index in [1.165, 1.54) is 12.8 Å². The summed E-state index contributed by atoms with van der Waals surface area (Å²) < 4.78 is 0. The van der Waals surface area contributed by atoms with Gasteiger partial charge in [0, 0.05) is 12.6 Å². The highest BCUT2D eigenvalue weighted by molar-refractivity contribution is 5.78. The molecule has 1 atom stereocenters. The maximum atomic E-state index is 12.1. The smallest absolute Gasteiger partial charge is 0.234 e. The molecular formula is C16H33N3O. The van der Waals surface area contributed by atoms with E-state index in [1.54, 1.807) is 0 Å². The van der Waals surface area contributed by atoms with E-state index in [0.717, 1.165) is 51.4 Å². The number of rotatable bonds is 9. The second-order valence-corrected chi connectivity index (χ2v) is 6.19. The van der Waals surface area contributed by atoms with Crippen molar-refractivity contribution in [2.24, 2.45) is 5.92 Å². The molecule has 1 amide bonds. The molecule has 4 heteroatoms. The maximum absolute atomic E-state index is 12.1. The molecule has 118 valence electrons. The first-order valence-corrected chi connectivity index (χ1v) is 8.38. The molecule has 0 bridgehead atoms. The highest BCUT2D eigenvalue weighted by Gasteiger charge is 2.18. The quantitative estimate of drug-likeness (QED) is 0.680. The van der Waals surface area contributed by atoms with Crippen molar-refractivity contribution in [1.29, 1.82) is 0 Å². The predicted octanol–water partition coefficient (Wildman–Crippen LogP) is 2.00. The van der Waals surface area contributed by atoms with E-state index in [1.807, 2.05) is 0 Å². The first-order valence-electron chi connectivity index (χ1n) is 8.38. The zero-order valence-corrected chi connectivity index (χ0v) is 13.6. The van der Waals surface area contributed by atoms with Crippen molar-refractivity contribution >= 4 is 5.91 Å². The van der Waals surface area contributed by atoms with Crippen LogP contribution in [-0.4, -0.2) is 49.6 Å². The number of hydrogen-bond donors (Lipinski definition) is 2. The van der Waals surface area contributed by atoms with Gasteiger partial charge in [-0.05, 0) is 58.2 Å². The van der Waals surface area contributed by atoms with Gasteiger partial charge in [-0.2, -0.15) is 0 Å². The van der Waals surface area contributed by atoms with Crippen molar-refractivity contribution in [1.82, 2.24) is 15.5 Å². The molecule has 0 aromatic carbocycles. The van der Waals surface area contributed by atoms with Crippen LogP contribution >= 0.6 is 0 Å². The largest absolute Gasteiger partial charge is 0.353 e.